The third kappa shape index (κ3) is 3.56. The first-order valence-corrected chi connectivity index (χ1v) is 17.4. The number of H-pyrrole nitrogens is 1. The second-order valence-electron chi connectivity index (χ2n) is 17.4. The predicted octanol–water partition coefficient (Wildman–Crippen LogP) is 5.88. The molecule has 1 aromatic heterocycles. The predicted molar refractivity (Wildman–Crippen MR) is 169 cm³/mol. The quantitative estimate of drug-likeness (QED) is 0.331. The summed E-state index contributed by atoms with van der Waals surface area (Å²) < 4.78 is 15.4. The molecular formula is C36H53N3O6. The summed E-state index contributed by atoms with van der Waals surface area (Å²) >= 11 is 0. The molecule has 4 saturated carbocycles. The topological polar surface area (TPSA) is 112 Å². The smallest absolute Gasteiger partial charge is 0.345 e. The summed E-state index contributed by atoms with van der Waals surface area (Å²) in [5, 5.41) is 0. The van der Waals surface area contributed by atoms with Gasteiger partial charge in [0, 0.05) is 24.7 Å². The number of rotatable bonds is 4. The molecule has 5 aliphatic carbocycles. The van der Waals surface area contributed by atoms with Crippen molar-refractivity contribution in [2.24, 2.45) is 44.8 Å². The van der Waals surface area contributed by atoms with Crippen LogP contribution in [0.1, 0.15) is 126 Å². The van der Waals surface area contributed by atoms with E-state index in [1.165, 1.54) is 25.0 Å². The van der Waals surface area contributed by atoms with Gasteiger partial charge < -0.3 is 9.47 Å². The molecule has 0 amide bonds. The van der Waals surface area contributed by atoms with E-state index in [1.807, 2.05) is 9.36 Å². The molecule has 1 N–H and O–H groups in total. The van der Waals surface area contributed by atoms with Gasteiger partial charge in [0.25, 0.3) is 0 Å². The number of fused-ring (bicyclic) bond motifs is 7. The Hall–Kier alpha value is -2.58. The molecule has 9 heteroatoms. The van der Waals surface area contributed by atoms with Crippen molar-refractivity contribution in [3.05, 3.63) is 32.1 Å². The second-order valence-corrected chi connectivity index (χ2v) is 17.4. The molecule has 1 aromatic rings. The average Bonchev–Trinajstić information content (AvgIpc) is 3.45. The first kappa shape index (κ1) is 31.0. The van der Waals surface area contributed by atoms with Crippen LogP contribution in [0.2, 0.25) is 0 Å². The van der Waals surface area contributed by atoms with E-state index in [0.717, 1.165) is 57.8 Å². The Labute approximate surface area is 266 Å². The van der Waals surface area contributed by atoms with Crippen molar-refractivity contribution in [2.45, 2.75) is 138 Å². The van der Waals surface area contributed by atoms with E-state index in [9.17, 15) is 19.2 Å². The van der Waals surface area contributed by atoms with E-state index in [2.05, 4.69) is 53.5 Å². The minimum Gasteiger partial charge on any atom is -0.465 e. The molecule has 2 heterocycles. The second kappa shape index (κ2) is 9.27. The van der Waals surface area contributed by atoms with E-state index < -0.39 is 5.54 Å². The van der Waals surface area contributed by atoms with Gasteiger partial charge in [-0.25, -0.2) is 19.0 Å². The Morgan fingerprint density at radius 2 is 1.58 bits per heavy atom. The van der Waals surface area contributed by atoms with Crippen LogP contribution in [0.25, 0.3) is 0 Å². The number of carbonyl (C=O) groups is 2. The zero-order valence-corrected chi connectivity index (χ0v) is 28.8. The van der Waals surface area contributed by atoms with E-state index in [0.29, 0.717) is 18.4 Å². The number of carbonyl (C=O) groups excluding carboxylic acids is 2. The summed E-state index contributed by atoms with van der Waals surface area (Å²) in [7, 11) is 0. The standard InChI is InChI=1S/C36H53N3O6/c1-20(2)36-17-16-35(19-44-21(3)40)15-14-34(9)27(28(35)36)23(38-29(42)37-30(43)39(36)38)18-25-32(7)12-11-26(45-22(4)41)31(5,6)24(32)10-13-33(25,34)8/h20,23-26H,10-19H2,1-9H3,(H,37,42,43)/t23?,24?,25?,26-,32-,33+,34+,35-,36?/m0/s1. The monoisotopic (exact) mass is 623 g/mol. The average molecular weight is 624 g/mol. The minimum atomic E-state index is -0.641. The number of ether oxygens (including phenoxy) is 2. The first-order chi connectivity index (χ1) is 20.9. The molecule has 9 atom stereocenters. The van der Waals surface area contributed by atoms with Gasteiger partial charge in [-0.1, -0.05) is 48.5 Å². The molecule has 248 valence electrons. The molecule has 9 nitrogen and oxygen atoms in total. The number of esters is 2. The molecule has 7 rings (SSSR count). The highest BCUT2D eigenvalue weighted by atomic mass is 16.5. The Balaban J connectivity index is 1.46. The third-order valence-electron chi connectivity index (χ3n) is 15.3. The number of allylic oxidation sites excluding steroid dienone is 1. The van der Waals surface area contributed by atoms with Gasteiger partial charge in [-0.3, -0.25) is 14.6 Å². The molecule has 0 spiro atoms. The van der Waals surface area contributed by atoms with Crippen molar-refractivity contribution in [1.82, 2.24) is 14.3 Å². The highest BCUT2D eigenvalue weighted by molar-refractivity contribution is 5.66. The van der Waals surface area contributed by atoms with Gasteiger partial charge in [0.1, 0.15) is 12.7 Å². The number of nitrogens with one attached hydrogen (secondary N) is 1. The fourth-order valence-electron chi connectivity index (χ4n) is 13.2. The van der Waals surface area contributed by atoms with Gasteiger partial charge in [-0.2, -0.15) is 0 Å². The van der Waals surface area contributed by atoms with Crippen LogP contribution in [-0.2, 0) is 24.6 Å². The maximum atomic E-state index is 13.9. The zero-order chi connectivity index (χ0) is 32.7. The van der Waals surface area contributed by atoms with Crippen molar-refractivity contribution in [2.75, 3.05) is 6.61 Å². The van der Waals surface area contributed by atoms with Crippen molar-refractivity contribution in [3.8, 4) is 0 Å². The summed E-state index contributed by atoms with van der Waals surface area (Å²) in [5.41, 5.74) is 0.620. The summed E-state index contributed by atoms with van der Waals surface area (Å²) in [6, 6.07) is -0.235. The molecule has 1 aliphatic heterocycles. The van der Waals surface area contributed by atoms with E-state index in [1.54, 1.807) is 0 Å². The maximum Gasteiger partial charge on any atom is 0.345 e. The fourth-order valence-corrected chi connectivity index (χ4v) is 13.2. The van der Waals surface area contributed by atoms with Gasteiger partial charge in [-0.15, -0.1) is 0 Å². The lowest BCUT2D eigenvalue weighted by atomic mass is 9.33. The molecule has 0 bridgehead atoms. The van der Waals surface area contributed by atoms with E-state index in [4.69, 9.17) is 9.47 Å². The molecule has 4 unspecified atom stereocenters. The Morgan fingerprint density at radius 3 is 2.22 bits per heavy atom. The minimum absolute atomic E-state index is 0.0219. The molecule has 45 heavy (non-hydrogen) atoms. The van der Waals surface area contributed by atoms with Crippen LogP contribution in [0.3, 0.4) is 0 Å². The van der Waals surface area contributed by atoms with Crippen LogP contribution in [-0.4, -0.2) is 39.0 Å². The fraction of sp³-hybridized carbons (Fsp3) is 0.833. The Morgan fingerprint density at radius 1 is 0.889 bits per heavy atom. The van der Waals surface area contributed by atoms with Gasteiger partial charge in [-0.05, 0) is 103 Å². The normalized spacial score (nSPS) is 44.0. The summed E-state index contributed by atoms with van der Waals surface area (Å²) in [4.78, 5) is 54.8. The van der Waals surface area contributed by atoms with Crippen LogP contribution < -0.4 is 11.4 Å². The van der Waals surface area contributed by atoms with Crippen LogP contribution in [0.4, 0.5) is 0 Å². The summed E-state index contributed by atoms with van der Waals surface area (Å²) in [5.74, 6) is 0.246. The van der Waals surface area contributed by atoms with E-state index in [-0.39, 0.29) is 68.5 Å². The number of hydrogen-bond donors (Lipinski definition) is 1. The maximum absolute atomic E-state index is 13.9. The molecule has 4 fully saturated rings. The van der Waals surface area contributed by atoms with Gasteiger partial charge in [0.15, 0.2) is 0 Å². The highest BCUT2D eigenvalue weighted by Gasteiger charge is 2.73. The SMILES string of the molecule is CC(=O)OC[C@]12CCC3(C(C)C)C1=C1C(CC4[C@@]5(C)CC[C@H](OC(C)=O)C(C)(C)C5CC[C@@]4(C)[C@]1(C)CC2)n1c(=O)[nH]c(=O)n13. The van der Waals surface area contributed by atoms with Gasteiger partial charge >= 0.3 is 23.3 Å². The molecular weight excluding hydrogens is 570 g/mol. The van der Waals surface area contributed by atoms with Crippen LogP contribution in [0.15, 0.2) is 20.7 Å². The van der Waals surface area contributed by atoms with Gasteiger partial charge in [0.05, 0.1) is 11.6 Å². The molecule has 0 saturated heterocycles. The molecule has 0 aromatic carbocycles. The first-order valence-electron chi connectivity index (χ1n) is 17.4. The number of aromatic amines is 1. The van der Waals surface area contributed by atoms with Gasteiger partial charge in [0.2, 0.25) is 0 Å². The van der Waals surface area contributed by atoms with Crippen LogP contribution in [0.5, 0.6) is 0 Å². The largest absolute Gasteiger partial charge is 0.465 e. The number of hydrogen-bond acceptors (Lipinski definition) is 6. The lowest BCUT2D eigenvalue weighted by Gasteiger charge is -2.72. The van der Waals surface area contributed by atoms with Crippen molar-refractivity contribution in [1.29, 1.82) is 0 Å². The highest BCUT2D eigenvalue weighted by Crippen LogP contribution is 2.79. The number of nitrogens with zero attached hydrogens (tertiary/aromatic N) is 2. The zero-order valence-electron chi connectivity index (χ0n) is 28.8. The lowest BCUT2D eigenvalue weighted by molar-refractivity contribution is -0.218. The molecule has 6 aliphatic rings. The van der Waals surface area contributed by atoms with Crippen LogP contribution in [0, 0.1) is 44.8 Å². The summed E-state index contributed by atoms with van der Waals surface area (Å²) in [6.45, 7) is 19.7. The number of aromatic nitrogens is 3. The summed E-state index contributed by atoms with van der Waals surface area (Å²) in [6.07, 6.45) is 8.07. The third-order valence-corrected chi connectivity index (χ3v) is 15.3. The van der Waals surface area contributed by atoms with Crippen molar-refractivity contribution < 1.29 is 19.1 Å². The lowest BCUT2D eigenvalue weighted by Crippen LogP contribution is -2.67. The Bertz CT molecular complexity index is 1630. The van der Waals surface area contributed by atoms with Crippen molar-refractivity contribution in [3.63, 3.8) is 0 Å². The Kier molecular flexibility index (Phi) is 6.40. The van der Waals surface area contributed by atoms with Crippen molar-refractivity contribution >= 4 is 11.9 Å². The molecule has 0 radical (unpaired) electrons. The van der Waals surface area contributed by atoms with Crippen LogP contribution >= 0.6 is 0 Å². The van der Waals surface area contributed by atoms with E-state index >= 15 is 0 Å².